The van der Waals surface area contributed by atoms with E-state index in [0.717, 1.165) is 13.1 Å². The Balaban J connectivity index is 2.06. The van der Waals surface area contributed by atoms with Crippen LogP contribution in [0.2, 0.25) is 0 Å². The third-order valence-electron chi connectivity index (χ3n) is 2.55. The van der Waals surface area contributed by atoms with Crippen LogP contribution in [0.5, 0.6) is 0 Å². The number of nitrogens with zero attached hydrogens (tertiary/aromatic N) is 1. The molecule has 3 unspecified atom stereocenters. The standard InChI is InChI=1S/C7H12N2O2/c1-5(10)11-7-4-8-3-6(7)9(7)2/h6,8H,3-4H2,1-2H3. The summed E-state index contributed by atoms with van der Waals surface area (Å²) in [6.45, 7) is 3.16. The van der Waals surface area contributed by atoms with Crippen molar-refractivity contribution < 1.29 is 9.53 Å². The SMILES string of the molecule is CC(=O)OC12CNCC1N2C. The molecule has 0 radical (unpaired) electrons. The van der Waals surface area contributed by atoms with Crippen LogP contribution < -0.4 is 5.32 Å². The Hall–Kier alpha value is -0.610. The average Bonchev–Trinajstić information content (AvgIpc) is 2.37. The maximum Gasteiger partial charge on any atom is 0.304 e. The van der Waals surface area contributed by atoms with E-state index in [4.69, 9.17) is 4.74 Å². The minimum Gasteiger partial charge on any atom is -0.441 e. The fourth-order valence-electron chi connectivity index (χ4n) is 1.87. The minimum atomic E-state index is -0.286. The molecule has 0 aromatic rings. The normalized spacial score (nSPS) is 46.7. The van der Waals surface area contributed by atoms with Crippen LogP contribution in [-0.4, -0.2) is 42.8 Å². The van der Waals surface area contributed by atoms with Gasteiger partial charge in [0.2, 0.25) is 0 Å². The van der Waals surface area contributed by atoms with E-state index in [0.29, 0.717) is 6.04 Å². The van der Waals surface area contributed by atoms with Crippen LogP contribution in [0, 0.1) is 0 Å². The fourth-order valence-corrected chi connectivity index (χ4v) is 1.87. The van der Waals surface area contributed by atoms with Crippen LogP contribution >= 0.6 is 0 Å². The Morgan fingerprint density at radius 1 is 1.82 bits per heavy atom. The van der Waals surface area contributed by atoms with Gasteiger partial charge in [-0.05, 0) is 7.05 Å². The molecule has 62 valence electrons. The van der Waals surface area contributed by atoms with E-state index in [2.05, 4.69) is 10.2 Å². The fraction of sp³-hybridized carbons (Fsp3) is 0.857. The third-order valence-corrected chi connectivity index (χ3v) is 2.55. The van der Waals surface area contributed by atoms with Gasteiger partial charge in [-0.3, -0.25) is 9.69 Å². The summed E-state index contributed by atoms with van der Waals surface area (Å²) in [4.78, 5) is 12.8. The maximum absolute atomic E-state index is 10.7. The van der Waals surface area contributed by atoms with Gasteiger partial charge in [-0.15, -0.1) is 0 Å². The lowest BCUT2D eigenvalue weighted by molar-refractivity contribution is -0.150. The van der Waals surface area contributed by atoms with Crippen molar-refractivity contribution in [3.8, 4) is 0 Å². The van der Waals surface area contributed by atoms with E-state index in [1.807, 2.05) is 7.05 Å². The molecule has 3 atom stereocenters. The first-order chi connectivity index (χ1) is 5.17. The highest BCUT2D eigenvalue weighted by atomic mass is 16.6. The number of hydrogen-bond acceptors (Lipinski definition) is 4. The highest BCUT2D eigenvalue weighted by Crippen LogP contribution is 2.42. The van der Waals surface area contributed by atoms with Crippen LogP contribution in [0.15, 0.2) is 0 Å². The van der Waals surface area contributed by atoms with E-state index in [-0.39, 0.29) is 11.7 Å². The molecule has 2 aliphatic rings. The number of carbonyl (C=O) groups excluding carboxylic acids is 1. The number of rotatable bonds is 1. The molecule has 1 N–H and O–H groups in total. The molecule has 2 rings (SSSR count). The van der Waals surface area contributed by atoms with Crippen molar-refractivity contribution >= 4 is 5.97 Å². The quantitative estimate of drug-likeness (QED) is 0.397. The number of ether oxygens (including phenoxy) is 1. The molecule has 4 heteroatoms. The van der Waals surface area contributed by atoms with Crippen molar-refractivity contribution in [3.05, 3.63) is 0 Å². The van der Waals surface area contributed by atoms with Crippen molar-refractivity contribution in [2.24, 2.45) is 0 Å². The number of fused-ring (bicyclic) bond motifs is 1. The van der Waals surface area contributed by atoms with Gasteiger partial charge in [0.25, 0.3) is 0 Å². The van der Waals surface area contributed by atoms with Crippen LogP contribution in [-0.2, 0) is 9.53 Å². The summed E-state index contributed by atoms with van der Waals surface area (Å²) in [5.74, 6) is -0.192. The highest BCUT2D eigenvalue weighted by Gasteiger charge is 2.66. The summed E-state index contributed by atoms with van der Waals surface area (Å²) in [5, 5.41) is 3.18. The monoisotopic (exact) mass is 156 g/mol. The number of nitrogens with one attached hydrogen (secondary N) is 1. The first-order valence-corrected chi connectivity index (χ1v) is 3.80. The Labute approximate surface area is 65.5 Å². The Bertz CT molecular complexity index is 207. The van der Waals surface area contributed by atoms with Gasteiger partial charge >= 0.3 is 5.97 Å². The molecular formula is C7H12N2O2. The number of likely N-dealkylation sites (N-methyl/N-ethyl adjacent to an activating group) is 1. The van der Waals surface area contributed by atoms with Crippen molar-refractivity contribution in [3.63, 3.8) is 0 Å². The summed E-state index contributed by atoms with van der Waals surface area (Å²) >= 11 is 0. The van der Waals surface area contributed by atoms with E-state index >= 15 is 0 Å². The van der Waals surface area contributed by atoms with Gasteiger partial charge in [-0.25, -0.2) is 0 Å². The first-order valence-electron chi connectivity index (χ1n) is 3.80. The summed E-state index contributed by atoms with van der Waals surface area (Å²) in [6.07, 6.45) is 0. The molecule has 0 saturated carbocycles. The van der Waals surface area contributed by atoms with Crippen LogP contribution in [0.1, 0.15) is 6.92 Å². The molecule has 2 aliphatic heterocycles. The largest absolute Gasteiger partial charge is 0.441 e. The topological polar surface area (TPSA) is 41.3 Å². The molecule has 0 aromatic carbocycles. The smallest absolute Gasteiger partial charge is 0.304 e. The summed E-state index contributed by atoms with van der Waals surface area (Å²) in [5.41, 5.74) is -0.286. The number of hydrogen-bond donors (Lipinski definition) is 1. The van der Waals surface area contributed by atoms with Gasteiger partial charge in [0.05, 0.1) is 12.6 Å². The predicted molar refractivity (Wildman–Crippen MR) is 38.9 cm³/mol. The van der Waals surface area contributed by atoms with Crippen molar-refractivity contribution in [2.45, 2.75) is 18.7 Å². The Kier molecular flexibility index (Phi) is 1.25. The van der Waals surface area contributed by atoms with Crippen LogP contribution in [0.25, 0.3) is 0 Å². The summed E-state index contributed by atoms with van der Waals surface area (Å²) in [6, 6.07) is 0.409. The molecule has 0 spiro atoms. The van der Waals surface area contributed by atoms with Crippen molar-refractivity contribution in [1.29, 1.82) is 0 Å². The van der Waals surface area contributed by atoms with Gasteiger partial charge in [-0.2, -0.15) is 0 Å². The van der Waals surface area contributed by atoms with Gasteiger partial charge in [0.1, 0.15) is 0 Å². The van der Waals surface area contributed by atoms with Crippen LogP contribution in [0.3, 0.4) is 0 Å². The molecule has 4 nitrogen and oxygen atoms in total. The Morgan fingerprint density at radius 2 is 2.55 bits per heavy atom. The van der Waals surface area contributed by atoms with E-state index in [1.165, 1.54) is 6.92 Å². The predicted octanol–water partition coefficient (Wildman–Crippen LogP) is -0.837. The summed E-state index contributed by atoms with van der Waals surface area (Å²) in [7, 11) is 1.98. The van der Waals surface area contributed by atoms with Crippen molar-refractivity contribution in [2.75, 3.05) is 20.1 Å². The molecule has 2 fully saturated rings. The molecular weight excluding hydrogens is 144 g/mol. The van der Waals surface area contributed by atoms with Gasteiger partial charge in [0.15, 0.2) is 5.72 Å². The molecule has 11 heavy (non-hydrogen) atoms. The molecule has 2 saturated heterocycles. The van der Waals surface area contributed by atoms with Crippen molar-refractivity contribution in [1.82, 2.24) is 10.2 Å². The lowest BCUT2D eigenvalue weighted by Crippen LogP contribution is -2.32. The van der Waals surface area contributed by atoms with Crippen LogP contribution in [0.4, 0.5) is 0 Å². The van der Waals surface area contributed by atoms with Gasteiger partial charge < -0.3 is 10.1 Å². The number of carbonyl (C=O) groups is 1. The Morgan fingerprint density at radius 3 is 3.00 bits per heavy atom. The molecule has 0 aromatic heterocycles. The second-order valence-electron chi connectivity index (χ2n) is 3.20. The zero-order chi connectivity index (χ0) is 8.06. The minimum absolute atomic E-state index is 0.192. The second-order valence-corrected chi connectivity index (χ2v) is 3.20. The summed E-state index contributed by atoms with van der Waals surface area (Å²) < 4.78 is 5.21. The lowest BCUT2D eigenvalue weighted by atomic mass is 10.3. The lowest BCUT2D eigenvalue weighted by Gasteiger charge is -2.13. The van der Waals surface area contributed by atoms with E-state index < -0.39 is 0 Å². The number of esters is 1. The molecule has 2 heterocycles. The maximum atomic E-state index is 10.7. The molecule has 0 bridgehead atoms. The highest BCUT2D eigenvalue weighted by molar-refractivity contribution is 5.67. The molecule has 0 aliphatic carbocycles. The van der Waals surface area contributed by atoms with Gasteiger partial charge in [-0.1, -0.05) is 0 Å². The third kappa shape index (κ3) is 0.795. The second kappa shape index (κ2) is 1.95. The zero-order valence-corrected chi connectivity index (χ0v) is 6.76. The first kappa shape index (κ1) is 7.06. The van der Waals surface area contributed by atoms with E-state index in [1.54, 1.807) is 0 Å². The van der Waals surface area contributed by atoms with Gasteiger partial charge in [0, 0.05) is 13.5 Å². The van der Waals surface area contributed by atoms with E-state index in [9.17, 15) is 4.79 Å². The zero-order valence-electron chi connectivity index (χ0n) is 6.76. The average molecular weight is 156 g/mol. The number of piperazine rings is 1. The molecule has 0 amide bonds.